The van der Waals surface area contributed by atoms with Gasteiger partial charge >= 0.3 is 0 Å². The van der Waals surface area contributed by atoms with Gasteiger partial charge in [0, 0.05) is 24.3 Å². The van der Waals surface area contributed by atoms with Crippen LogP contribution in [-0.2, 0) is 0 Å². The number of thiocarbonyl (C=S) groups is 1. The van der Waals surface area contributed by atoms with E-state index in [-0.39, 0.29) is 5.78 Å². The van der Waals surface area contributed by atoms with Gasteiger partial charge < -0.3 is 10.2 Å². The van der Waals surface area contributed by atoms with E-state index in [1.807, 2.05) is 24.3 Å². The van der Waals surface area contributed by atoms with Crippen LogP contribution in [0.4, 0.5) is 5.69 Å². The zero-order valence-corrected chi connectivity index (χ0v) is 13.2. The molecule has 0 aliphatic carbocycles. The van der Waals surface area contributed by atoms with Crippen LogP contribution in [0.25, 0.3) is 0 Å². The molecule has 1 aliphatic heterocycles. The average Bonchev–Trinajstić information content (AvgIpc) is 2.37. The number of nitrogens with one attached hydrogen (secondary N) is 1. The van der Waals surface area contributed by atoms with Gasteiger partial charge in [-0.1, -0.05) is 26.0 Å². The van der Waals surface area contributed by atoms with Crippen molar-refractivity contribution in [3.63, 3.8) is 0 Å². The second-order valence-corrected chi connectivity index (χ2v) is 6.30. The number of hydrogen-bond donors (Lipinski definition) is 1. The number of carbonyl (C=O) groups is 1. The van der Waals surface area contributed by atoms with E-state index >= 15 is 0 Å². The lowest BCUT2D eigenvalue weighted by Crippen LogP contribution is -2.44. The van der Waals surface area contributed by atoms with E-state index in [0.29, 0.717) is 17.4 Å². The molecule has 1 aromatic rings. The standard InChI is InChI=1S/C16H22N2OS/c1-11-7-12(2)10-18(9-11)16(20)17-15-6-4-5-14(8-15)13(3)19/h4-6,8,11-12H,7,9-10H2,1-3H3,(H,17,20). The smallest absolute Gasteiger partial charge is 0.173 e. The fourth-order valence-corrected chi connectivity index (χ4v) is 3.11. The summed E-state index contributed by atoms with van der Waals surface area (Å²) in [7, 11) is 0. The van der Waals surface area contributed by atoms with Crippen LogP contribution in [0.1, 0.15) is 37.6 Å². The second kappa shape index (κ2) is 6.35. The van der Waals surface area contributed by atoms with Gasteiger partial charge in [-0.3, -0.25) is 4.79 Å². The van der Waals surface area contributed by atoms with E-state index in [1.54, 1.807) is 6.92 Å². The summed E-state index contributed by atoms with van der Waals surface area (Å²) in [6.07, 6.45) is 1.26. The summed E-state index contributed by atoms with van der Waals surface area (Å²) in [6, 6.07) is 7.49. The predicted molar refractivity (Wildman–Crippen MR) is 87.2 cm³/mol. The summed E-state index contributed by atoms with van der Waals surface area (Å²) in [4.78, 5) is 13.6. The number of hydrogen-bond acceptors (Lipinski definition) is 2. The minimum absolute atomic E-state index is 0.0692. The summed E-state index contributed by atoms with van der Waals surface area (Å²) < 4.78 is 0. The summed E-state index contributed by atoms with van der Waals surface area (Å²) in [5.74, 6) is 1.41. The average molecular weight is 290 g/mol. The number of ketones is 1. The first kappa shape index (κ1) is 15.0. The molecule has 0 bridgehead atoms. The van der Waals surface area contributed by atoms with Crippen molar-refractivity contribution in [2.75, 3.05) is 18.4 Å². The van der Waals surface area contributed by atoms with Crippen LogP contribution in [0.15, 0.2) is 24.3 Å². The van der Waals surface area contributed by atoms with Crippen LogP contribution >= 0.6 is 12.2 Å². The number of likely N-dealkylation sites (tertiary alicyclic amines) is 1. The highest BCUT2D eigenvalue weighted by atomic mass is 32.1. The van der Waals surface area contributed by atoms with Crippen LogP contribution in [0, 0.1) is 11.8 Å². The Balaban J connectivity index is 2.04. The van der Waals surface area contributed by atoms with Crippen LogP contribution in [-0.4, -0.2) is 28.9 Å². The number of anilines is 1. The fourth-order valence-electron chi connectivity index (χ4n) is 2.85. The third-order valence-corrected chi connectivity index (χ3v) is 4.04. The summed E-state index contributed by atoms with van der Waals surface area (Å²) in [5.41, 5.74) is 1.59. The third-order valence-electron chi connectivity index (χ3n) is 3.68. The first-order valence-electron chi connectivity index (χ1n) is 7.12. The van der Waals surface area contributed by atoms with Crippen molar-refractivity contribution in [1.82, 2.24) is 4.90 Å². The predicted octanol–water partition coefficient (Wildman–Crippen LogP) is 3.56. The van der Waals surface area contributed by atoms with Crippen LogP contribution in [0.5, 0.6) is 0 Å². The first-order valence-corrected chi connectivity index (χ1v) is 7.53. The molecule has 0 aromatic heterocycles. The van der Waals surface area contributed by atoms with Crippen molar-refractivity contribution in [1.29, 1.82) is 0 Å². The molecule has 0 spiro atoms. The Morgan fingerprint density at radius 3 is 2.55 bits per heavy atom. The van der Waals surface area contributed by atoms with Gasteiger partial charge in [0.1, 0.15) is 0 Å². The summed E-state index contributed by atoms with van der Waals surface area (Å²) >= 11 is 5.50. The molecule has 2 unspecified atom stereocenters. The molecule has 0 radical (unpaired) electrons. The first-order chi connectivity index (χ1) is 9.45. The lowest BCUT2D eigenvalue weighted by atomic mass is 9.92. The Morgan fingerprint density at radius 2 is 1.95 bits per heavy atom. The maximum atomic E-state index is 11.4. The van der Waals surface area contributed by atoms with E-state index in [9.17, 15) is 4.79 Å². The highest BCUT2D eigenvalue weighted by molar-refractivity contribution is 7.80. The molecule has 1 aliphatic rings. The number of nitrogens with zero attached hydrogens (tertiary/aromatic N) is 1. The normalized spacial score (nSPS) is 22.4. The largest absolute Gasteiger partial charge is 0.348 e. The third kappa shape index (κ3) is 3.79. The van der Waals surface area contributed by atoms with Gasteiger partial charge in [0.05, 0.1) is 0 Å². The van der Waals surface area contributed by atoms with Gasteiger partial charge in [0.25, 0.3) is 0 Å². The Bertz CT molecular complexity index is 505. The molecule has 4 heteroatoms. The lowest BCUT2D eigenvalue weighted by molar-refractivity contribution is 0.101. The van der Waals surface area contributed by atoms with E-state index in [4.69, 9.17) is 12.2 Å². The Hall–Kier alpha value is -1.42. The Morgan fingerprint density at radius 1 is 1.30 bits per heavy atom. The van der Waals surface area contributed by atoms with Gasteiger partial charge in [0.2, 0.25) is 0 Å². The lowest BCUT2D eigenvalue weighted by Gasteiger charge is -2.36. The molecule has 3 nitrogen and oxygen atoms in total. The molecule has 108 valence electrons. The van der Waals surface area contributed by atoms with Gasteiger partial charge in [-0.05, 0) is 49.5 Å². The quantitative estimate of drug-likeness (QED) is 0.667. The monoisotopic (exact) mass is 290 g/mol. The Kier molecular flexibility index (Phi) is 4.76. The number of Topliss-reactive ketones (excluding diaryl/α,β-unsaturated/α-hetero) is 1. The minimum Gasteiger partial charge on any atom is -0.348 e. The molecular weight excluding hydrogens is 268 g/mol. The topological polar surface area (TPSA) is 32.3 Å². The van der Waals surface area contributed by atoms with Crippen LogP contribution in [0.3, 0.4) is 0 Å². The molecule has 1 aromatic carbocycles. The highest BCUT2D eigenvalue weighted by Crippen LogP contribution is 2.22. The van der Waals surface area contributed by atoms with Crippen LogP contribution < -0.4 is 5.32 Å². The zero-order valence-electron chi connectivity index (χ0n) is 12.3. The molecule has 1 N–H and O–H groups in total. The highest BCUT2D eigenvalue weighted by Gasteiger charge is 2.23. The number of benzene rings is 1. The molecule has 1 heterocycles. The molecular formula is C16H22N2OS. The van der Waals surface area contributed by atoms with Crippen molar-refractivity contribution in [2.24, 2.45) is 11.8 Å². The molecule has 1 saturated heterocycles. The van der Waals surface area contributed by atoms with Crippen molar-refractivity contribution in [2.45, 2.75) is 27.2 Å². The zero-order chi connectivity index (χ0) is 14.7. The molecule has 0 saturated carbocycles. The number of carbonyl (C=O) groups excluding carboxylic acids is 1. The molecule has 2 rings (SSSR count). The van der Waals surface area contributed by atoms with Crippen molar-refractivity contribution in [3.05, 3.63) is 29.8 Å². The summed E-state index contributed by atoms with van der Waals surface area (Å²) in [6.45, 7) is 8.11. The Labute approximate surface area is 126 Å². The number of rotatable bonds is 2. The minimum atomic E-state index is 0.0692. The second-order valence-electron chi connectivity index (χ2n) is 5.92. The maximum Gasteiger partial charge on any atom is 0.173 e. The van der Waals surface area contributed by atoms with E-state index in [2.05, 4.69) is 24.1 Å². The fraction of sp³-hybridized carbons (Fsp3) is 0.500. The molecule has 20 heavy (non-hydrogen) atoms. The molecule has 0 amide bonds. The van der Waals surface area contributed by atoms with E-state index in [0.717, 1.165) is 23.9 Å². The van der Waals surface area contributed by atoms with E-state index in [1.165, 1.54) is 6.42 Å². The van der Waals surface area contributed by atoms with Gasteiger partial charge in [0.15, 0.2) is 10.9 Å². The van der Waals surface area contributed by atoms with Gasteiger partial charge in [-0.2, -0.15) is 0 Å². The molecule has 1 fully saturated rings. The van der Waals surface area contributed by atoms with Crippen molar-refractivity contribution >= 4 is 28.8 Å². The number of piperidine rings is 1. The van der Waals surface area contributed by atoms with Gasteiger partial charge in [-0.15, -0.1) is 0 Å². The maximum absolute atomic E-state index is 11.4. The van der Waals surface area contributed by atoms with Gasteiger partial charge in [-0.25, -0.2) is 0 Å². The van der Waals surface area contributed by atoms with Crippen LogP contribution in [0.2, 0.25) is 0 Å². The summed E-state index contributed by atoms with van der Waals surface area (Å²) in [5, 5.41) is 4.01. The SMILES string of the molecule is CC(=O)c1cccc(NC(=S)N2CC(C)CC(C)C2)c1. The molecule has 2 atom stereocenters. The van der Waals surface area contributed by atoms with E-state index < -0.39 is 0 Å². The van der Waals surface area contributed by atoms with Crippen molar-refractivity contribution < 1.29 is 4.79 Å². The van der Waals surface area contributed by atoms with Crippen molar-refractivity contribution in [3.8, 4) is 0 Å².